The van der Waals surface area contributed by atoms with Crippen molar-refractivity contribution in [1.82, 2.24) is 5.32 Å². The summed E-state index contributed by atoms with van der Waals surface area (Å²) in [5.74, 6) is -1.70. The highest BCUT2D eigenvalue weighted by molar-refractivity contribution is 6.40. The number of benzene rings is 1. The van der Waals surface area contributed by atoms with Crippen molar-refractivity contribution in [3.63, 3.8) is 0 Å². The Morgan fingerprint density at radius 1 is 1.17 bits per heavy atom. The number of nitrogens with two attached hydrogens (primary N) is 2. The van der Waals surface area contributed by atoms with E-state index >= 15 is 0 Å². The van der Waals surface area contributed by atoms with E-state index in [9.17, 15) is 14.4 Å². The van der Waals surface area contributed by atoms with Crippen LogP contribution in [0.2, 0.25) is 0 Å². The summed E-state index contributed by atoms with van der Waals surface area (Å²) in [6.45, 7) is 3.33. The lowest BCUT2D eigenvalue weighted by molar-refractivity contribution is -0.127. The number of carbonyl (C=O) groups is 3. The van der Waals surface area contributed by atoms with E-state index in [0.29, 0.717) is 13.0 Å². The van der Waals surface area contributed by atoms with E-state index in [0.717, 1.165) is 5.56 Å². The van der Waals surface area contributed by atoms with Gasteiger partial charge in [-0.15, -0.1) is 0 Å². The van der Waals surface area contributed by atoms with Gasteiger partial charge in [-0.05, 0) is 38.8 Å². The fourth-order valence-corrected chi connectivity index (χ4v) is 1.87. The zero-order valence-electron chi connectivity index (χ0n) is 14.0. The van der Waals surface area contributed by atoms with Crippen LogP contribution >= 0.6 is 0 Å². The summed E-state index contributed by atoms with van der Waals surface area (Å²) in [6, 6.07) is 9.11. The summed E-state index contributed by atoms with van der Waals surface area (Å²) >= 11 is 0. The van der Waals surface area contributed by atoms with Gasteiger partial charge in [0.2, 0.25) is 5.91 Å². The number of nitrogens with zero attached hydrogens (tertiary/aromatic N) is 1. The van der Waals surface area contributed by atoms with Crippen LogP contribution in [0.1, 0.15) is 32.3 Å². The average molecular weight is 332 g/mol. The molecule has 5 N–H and O–H groups in total. The fourth-order valence-electron chi connectivity index (χ4n) is 1.87. The summed E-state index contributed by atoms with van der Waals surface area (Å²) in [5, 5.41) is 2.50. The van der Waals surface area contributed by atoms with Crippen LogP contribution < -0.4 is 16.8 Å². The van der Waals surface area contributed by atoms with Gasteiger partial charge in [-0.25, -0.2) is 4.99 Å². The topological polar surface area (TPSA) is 128 Å². The summed E-state index contributed by atoms with van der Waals surface area (Å²) in [6.07, 6.45) is 0.846. The van der Waals surface area contributed by atoms with Gasteiger partial charge in [0.05, 0.1) is 6.42 Å². The first kappa shape index (κ1) is 19.5. The van der Waals surface area contributed by atoms with Gasteiger partial charge in [-0.3, -0.25) is 14.4 Å². The first-order valence-corrected chi connectivity index (χ1v) is 7.73. The smallest absolute Gasteiger partial charge is 0.266 e. The van der Waals surface area contributed by atoms with Crippen LogP contribution in [0.3, 0.4) is 0 Å². The van der Waals surface area contributed by atoms with E-state index < -0.39 is 23.3 Å². The quantitative estimate of drug-likeness (QED) is 0.592. The highest BCUT2D eigenvalue weighted by atomic mass is 16.2. The molecule has 0 radical (unpaired) electrons. The van der Waals surface area contributed by atoms with E-state index in [1.165, 1.54) is 13.8 Å². The van der Waals surface area contributed by atoms with E-state index in [1.54, 1.807) is 0 Å². The third-order valence-electron chi connectivity index (χ3n) is 3.38. The van der Waals surface area contributed by atoms with Crippen LogP contribution in [0.15, 0.2) is 35.3 Å². The summed E-state index contributed by atoms with van der Waals surface area (Å²) in [5.41, 5.74) is 10.3. The van der Waals surface area contributed by atoms with Gasteiger partial charge in [-0.1, -0.05) is 30.3 Å². The number of rotatable bonds is 8. The van der Waals surface area contributed by atoms with Crippen LogP contribution in [0.4, 0.5) is 0 Å². The molecule has 7 heteroatoms. The standard InChI is InChI=1S/C17H24N4O3/c1-17(2,16(19)24)21-15(23)13(9-6-10-18)20-14(22)11-12-7-4-3-5-8-12/h3-5,7-8H,6,9-11,18H2,1-2H3,(H2,19,24)(H,21,23)/b20-13+. The third kappa shape index (κ3) is 6.29. The van der Waals surface area contributed by atoms with Crippen molar-refractivity contribution >= 4 is 23.4 Å². The molecule has 0 aromatic heterocycles. The number of hydrogen-bond acceptors (Lipinski definition) is 4. The van der Waals surface area contributed by atoms with Crippen LogP contribution in [-0.2, 0) is 20.8 Å². The molecule has 7 nitrogen and oxygen atoms in total. The second kappa shape index (κ2) is 8.93. The second-order valence-electron chi connectivity index (χ2n) is 5.95. The lowest BCUT2D eigenvalue weighted by Crippen LogP contribution is -2.54. The number of aliphatic imine (C=N–C) groups is 1. The first-order chi connectivity index (χ1) is 11.3. The first-order valence-electron chi connectivity index (χ1n) is 7.73. The van der Waals surface area contributed by atoms with Gasteiger partial charge >= 0.3 is 0 Å². The fraction of sp³-hybridized carbons (Fsp3) is 0.412. The molecule has 24 heavy (non-hydrogen) atoms. The van der Waals surface area contributed by atoms with Gasteiger partial charge in [0.1, 0.15) is 11.3 Å². The Balaban J connectivity index is 2.88. The molecule has 0 aliphatic rings. The number of primary amides is 1. The van der Waals surface area contributed by atoms with Gasteiger partial charge in [0, 0.05) is 0 Å². The summed E-state index contributed by atoms with van der Waals surface area (Å²) in [7, 11) is 0. The van der Waals surface area contributed by atoms with Gasteiger partial charge in [-0.2, -0.15) is 0 Å². The van der Waals surface area contributed by atoms with Gasteiger partial charge in [0.25, 0.3) is 11.8 Å². The van der Waals surface area contributed by atoms with E-state index in [2.05, 4.69) is 10.3 Å². The van der Waals surface area contributed by atoms with Crippen LogP contribution in [0, 0.1) is 0 Å². The maximum atomic E-state index is 12.3. The number of amides is 3. The molecule has 1 aromatic carbocycles. The lowest BCUT2D eigenvalue weighted by atomic mass is 10.0. The van der Waals surface area contributed by atoms with Crippen LogP contribution in [0.5, 0.6) is 0 Å². The van der Waals surface area contributed by atoms with Crippen molar-refractivity contribution in [2.24, 2.45) is 16.5 Å². The van der Waals surface area contributed by atoms with Crippen molar-refractivity contribution in [3.05, 3.63) is 35.9 Å². The minimum absolute atomic E-state index is 0.0516. The predicted octanol–water partition coefficient (Wildman–Crippen LogP) is 0.316. The SMILES string of the molecule is CC(C)(NC(=O)/C(CCCN)=N/C(=O)Cc1ccccc1)C(N)=O. The van der Waals surface area contributed by atoms with Crippen molar-refractivity contribution < 1.29 is 14.4 Å². The normalized spacial score (nSPS) is 11.9. The van der Waals surface area contributed by atoms with Crippen molar-refractivity contribution in [3.8, 4) is 0 Å². The number of carbonyl (C=O) groups excluding carboxylic acids is 3. The van der Waals surface area contributed by atoms with E-state index in [-0.39, 0.29) is 18.6 Å². The van der Waals surface area contributed by atoms with Crippen molar-refractivity contribution in [1.29, 1.82) is 0 Å². The molecule has 0 bridgehead atoms. The largest absolute Gasteiger partial charge is 0.368 e. The second-order valence-corrected chi connectivity index (χ2v) is 5.95. The number of nitrogens with one attached hydrogen (secondary N) is 1. The van der Waals surface area contributed by atoms with Crippen molar-refractivity contribution in [2.75, 3.05) is 6.54 Å². The van der Waals surface area contributed by atoms with Gasteiger partial charge < -0.3 is 16.8 Å². The zero-order valence-corrected chi connectivity index (χ0v) is 14.0. The molecule has 1 aromatic rings. The molecule has 0 atom stereocenters. The maximum absolute atomic E-state index is 12.3. The molecule has 130 valence electrons. The molecular weight excluding hydrogens is 308 g/mol. The highest BCUT2D eigenvalue weighted by Gasteiger charge is 2.28. The molecule has 0 heterocycles. The summed E-state index contributed by atoms with van der Waals surface area (Å²) in [4.78, 5) is 39.7. The molecule has 0 saturated carbocycles. The summed E-state index contributed by atoms with van der Waals surface area (Å²) < 4.78 is 0. The molecule has 0 aliphatic carbocycles. The molecular formula is C17H24N4O3. The molecule has 0 aliphatic heterocycles. The Hall–Kier alpha value is -2.54. The monoisotopic (exact) mass is 332 g/mol. The molecule has 1 rings (SSSR count). The zero-order chi connectivity index (χ0) is 18.2. The molecule has 0 fully saturated rings. The Morgan fingerprint density at radius 2 is 1.79 bits per heavy atom. The van der Waals surface area contributed by atoms with Gasteiger partial charge in [0.15, 0.2) is 0 Å². The molecule has 0 saturated heterocycles. The molecule has 0 spiro atoms. The minimum Gasteiger partial charge on any atom is -0.368 e. The van der Waals surface area contributed by atoms with Crippen molar-refractivity contribution in [2.45, 2.75) is 38.6 Å². The van der Waals surface area contributed by atoms with Crippen LogP contribution in [0.25, 0.3) is 0 Å². The Bertz CT molecular complexity index is 624. The molecule has 0 unspecified atom stereocenters. The van der Waals surface area contributed by atoms with E-state index in [4.69, 9.17) is 11.5 Å². The Morgan fingerprint density at radius 3 is 2.33 bits per heavy atom. The Kier molecular flexibility index (Phi) is 7.26. The lowest BCUT2D eigenvalue weighted by Gasteiger charge is -2.22. The maximum Gasteiger partial charge on any atom is 0.266 e. The Labute approximate surface area is 141 Å². The molecule has 3 amide bonds. The van der Waals surface area contributed by atoms with Crippen LogP contribution in [-0.4, -0.2) is 35.5 Å². The third-order valence-corrected chi connectivity index (χ3v) is 3.38. The highest BCUT2D eigenvalue weighted by Crippen LogP contribution is 2.05. The number of hydrogen-bond donors (Lipinski definition) is 3. The average Bonchev–Trinajstić information content (AvgIpc) is 2.51. The minimum atomic E-state index is -1.23. The predicted molar refractivity (Wildman–Crippen MR) is 92.3 cm³/mol. The van der Waals surface area contributed by atoms with E-state index in [1.807, 2.05) is 30.3 Å².